The molecule has 10 heteroatoms. The van der Waals surface area contributed by atoms with E-state index in [1.807, 2.05) is 5.32 Å². The smallest absolute Gasteiger partial charge is 0.433 e. The number of amides is 2. The number of carbonyl (C=O) groups excluding carboxylic acids is 3. The zero-order valence-electron chi connectivity index (χ0n) is 11.8. The Hall–Kier alpha value is -3.43. The zero-order valence-corrected chi connectivity index (χ0v) is 11.8. The largest absolute Gasteiger partial charge is 0.450 e. The number of nitrogens with one attached hydrogen (secondary N) is 1. The lowest BCUT2D eigenvalue weighted by atomic mass is 10.4. The summed E-state index contributed by atoms with van der Waals surface area (Å²) < 4.78 is 10.7. The van der Waals surface area contributed by atoms with E-state index in [1.165, 1.54) is 10.6 Å². The van der Waals surface area contributed by atoms with Crippen LogP contribution in [0.1, 0.15) is 21.0 Å². The van der Waals surface area contributed by atoms with Gasteiger partial charge in [-0.1, -0.05) is 0 Å². The predicted octanol–water partition coefficient (Wildman–Crippen LogP) is 0.640. The molecule has 0 spiro atoms. The predicted molar refractivity (Wildman–Crippen MR) is 73.5 cm³/mol. The fourth-order valence-electron chi connectivity index (χ4n) is 1.66. The maximum Gasteiger partial charge on any atom is 0.433 e. The van der Waals surface area contributed by atoms with E-state index in [0.29, 0.717) is 0 Å². The van der Waals surface area contributed by atoms with Crippen LogP contribution in [0.4, 0.5) is 5.88 Å². The van der Waals surface area contributed by atoms with E-state index in [2.05, 4.69) is 9.15 Å². The van der Waals surface area contributed by atoms with Gasteiger partial charge in [0.25, 0.3) is 11.8 Å². The molecule has 0 aliphatic heterocycles. The van der Waals surface area contributed by atoms with Crippen molar-refractivity contribution >= 4 is 23.7 Å². The van der Waals surface area contributed by atoms with Crippen LogP contribution in [0.2, 0.25) is 0 Å². The molecule has 2 aromatic rings. The average molecular weight is 321 g/mol. The monoisotopic (exact) mass is 321 g/mol. The molecule has 0 aromatic carbocycles. The molecule has 23 heavy (non-hydrogen) atoms. The van der Waals surface area contributed by atoms with Gasteiger partial charge < -0.3 is 13.7 Å². The summed E-state index contributed by atoms with van der Waals surface area (Å²) in [5, 5.41) is 12.5. The summed E-state index contributed by atoms with van der Waals surface area (Å²) in [6.07, 6.45) is 1.63. The molecule has 0 saturated carbocycles. The van der Waals surface area contributed by atoms with Crippen molar-refractivity contribution in [1.82, 2.24) is 9.88 Å². The Kier molecular flexibility index (Phi) is 4.55. The van der Waals surface area contributed by atoms with Crippen LogP contribution >= 0.6 is 0 Å². The molecule has 0 radical (unpaired) electrons. The second-order valence-electron chi connectivity index (χ2n) is 4.35. The molecule has 0 atom stereocenters. The molecule has 120 valence electrons. The number of nitro groups is 1. The number of nitrogens with zero attached hydrogens (tertiary/aromatic N) is 2. The number of furan rings is 1. The van der Waals surface area contributed by atoms with E-state index in [-0.39, 0.29) is 5.69 Å². The summed E-state index contributed by atoms with van der Waals surface area (Å²) in [5.74, 6) is -3.59. The van der Waals surface area contributed by atoms with Crippen molar-refractivity contribution in [3.63, 3.8) is 0 Å². The summed E-state index contributed by atoms with van der Waals surface area (Å²) >= 11 is 0. The van der Waals surface area contributed by atoms with Gasteiger partial charge in [0, 0.05) is 13.2 Å². The summed E-state index contributed by atoms with van der Waals surface area (Å²) in [7, 11) is 1.63. The van der Waals surface area contributed by atoms with Crippen molar-refractivity contribution in [2.45, 2.75) is 0 Å². The van der Waals surface area contributed by atoms with Gasteiger partial charge >= 0.3 is 11.9 Å². The van der Waals surface area contributed by atoms with Crippen molar-refractivity contribution in [1.29, 1.82) is 0 Å². The molecule has 0 fully saturated rings. The Bertz CT molecular complexity index is 774. The third-order valence-electron chi connectivity index (χ3n) is 2.74. The van der Waals surface area contributed by atoms with Crippen LogP contribution in [0.25, 0.3) is 0 Å². The topological polar surface area (TPSA) is 134 Å². The van der Waals surface area contributed by atoms with E-state index in [4.69, 9.17) is 0 Å². The Labute approximate surface area is 128 Å². The Morgan fingerprint density at radius 3 is 2.65 bits per heavy atom. The van der Waals surface area contributed by atoms with Crippen molar-refractivity contribution < 1.29 is 28.5 Å². The van der Waals surface area contributed by atoms with Gasteiger partial charge in [-0.05, 0) is 18.2 Å². The number of aromatic nitrogens is 1. The van der Waals surface area contributed by atoms with Crippen LogP contribution < -0.4 is 5.32 Å². The number of rotatable bonds is 5. The van der Waals surface area contributed by atoms with Gasteiger partial charge in [-0.3, -0.25) is 25.0 Å². The van der Waals surface area contributed by atoms with Gasteiger partial charge in [0.1, 0.15) is 10.6 Å². The van der Waals surface area contributed by atoms with Crippen LogP contribution in [-0.4, -0.2) is 33.9 Å². The Morgan fingerprint density at radius 1 is 1.35 bits per heavy atom. The van der Waals surface area contributed by atoms with Gasteiger partial charge in [-0.25, -0.2) is 4.79 Å². The molecule has 0 bridgehead atoms. The average Bonchev–Trinajstić information content (AvgIpc) is 3.13. The third kappa shape index (κ3) is 3.81. The molecule has 1 N–H and O–H groups in total. The highest BCUT2D eigenvalue weighted by molar-refractivity contribution is 6.04. The lowest BCUT2D eigenvalue weighted by Gasteiger charge is -2.05. The highest BCUT2D eigenvalue weighted by atomic mass is 16.7. The lowest BCUT2D eigenvalue weighted by molar-refractivity contribution is -0.402. The fourth-order valence-corrected chi connectivity index (χ4v) is 1.66. The Balaban J connectivity index is 1.86. The maximum atomic E-state index is 11.7. The number of esters is 1. The molecule has 2 amide bonds. The van der Waals surface area contributed by atoms with Gasteiger partial charge in [0.15, 0.2) is 6.61 Å². The first kappa shape index (κ1) is 15.9. The highest BCUT2D eigenvalue weighted by Crippen LogP contribution is 2.16. The molecule has 0 aliphatic carbocycles. The molecule has 10 nitrogen and oxygen atoms in total. The minimum absolute atomic E-state index is 0.256. The first-order valence-corrected chi connectivity index (χ1v) is 6.25. The number of hydrogen-bond acceptors (Lipinski definition) is 7. The minimum atomic E-state index is -1.06. The number of hydrogen-bond donors (Lipinski definition) is 1. The quantitative estimate of drug-likeness (QED) is 0.485. The molecule has 2 rings (SSSR count). The molecule has 0 saturated heterocycles. The van der Waals surface area contributed by atoms with E-state index in [1.54, 1.807) is 19.3 Å². The second-order valence-corrected chi connectivity index (χ2v) is 4.35. The first-order chi connectivity index (χ1) is 10.9. The second kappa shape index (κ2) is 6.56. The number of aryl methyl sites for hydroxylation is 1. The normalized spacial score (nSPS) is 10.1. The molecule has 2 heterocycles. The van der Waals surface area contributed by atoms with Gasteiger partial charge in [0.05, 0.1) is 6.07 Å². The van der Waals surface area contributed by atoms with Crippen LogP contribution in [0.15, 0.2) is 34.9 Å². The SMILES string of the molecule is Cn1cccc1C(=O)NC(=O)COC(=O)c1ccc([N+](=O)[O-])o1. The van der Waals surface area contributed by atoms with Crippen LogP contribution in [0.5, 0.6) is 0 Å². The number of imide groups is 1. The fraction of sp³-hybridized carbons (Fsp3) is 0.154. The maximum absolute atomic E-state index is 11.7. The van der Waals surface area contributed by atoms with E-state index in [0.717, 1.165) is 12.1 Å². The summed E-state index contributed by atoms with van der Waals surface area (Å²) in [6, 6.07) is 5.17. The van der Waals surface area contributed by atoms with Crippen molar-refractivity contribution in [3.05, 3.63) is 52.0 Å². The number of carbonyl (C=O) groups is 3. The van der Waals surface area contributed by atoms with Crippen LogP contribution in [0, 0.1) is 10.1 Å². The summed E-state index contributed by atoms with van der Waals surface area (Å²) in [6.45, 7) is -0.733. The summed E-state index contributed by atoms with van der Waals surface area (Å²) in [5.41, 5.74) is 0.256. The molecular weight excluding hydrogens is 310 g/mol. The van der Waals surface area contributed by atoms with Crippen LogP contribution in [0.3, 0.4) is 0 Å². The van der Waals surface area contributed by atoms with E-state index in [9.17, 15) is 24.5 Å². The van der Waals surface area contributed by atoms with Gasteiger partial charge in [-0.15, -0.1) is 0 Å². The molecular formula is C13H11N3O7. The van der Waals surface area contributed by atoms with Crippen LogP contribution in [-0.2, 0) is 16.6 Å². The van der Waals surface area contributed by atoms with E-state index >= 15 is 0 Å². The zero-order chi connectivity index (χ0) is 17.0. The Morgan fingerprint density at radius 2 is 2.09 bits per heavy atom. The third-order valence-corrected chi connectivity index (χ3v) is 2.74. The van der Waals surface area contributed by atoms with Crippen molar-refractivity contribution in [2.24, 2.45) is 7.05 Å². The molecule has 0 unspecified atom stereocenters. The van der Waals surface area contributed by atoms with Crippen molar-refractivity contribution in [2.75, 3.05) is 6.61 Å². The van der Waals surface area contributed by atoms with E-state index < -0.39 is 41.0 Å². The van der Waals surface area contributed by atoms with Gasteiger partial charge in [0.2, 0.25) is 5.76 Å². The lowest BCUT2D eigenvalue weighted by Crippen LogP contribution is -2.35. The highest BCUT2D eigenvalue weighted by Gasteiger charge is 2.20. The summed E-state index contributed by atoms with van der Waals surface area (Å²) in [4.78, 5) is 44.4. The minimum Gasteiger partial charge on any atom is -0.450 e. The van der Waals surface area contributed by atoms with Crippen molar-refractivity contribution in [3.8, 4) is 0 Å². The molecule has 0 aliphatic rings. The standard InChI is InChI=1S/C13H11N3O7/c1-15-6-2-3-8(15)12(18)14-10(17)7-22-13(19)9-4-5-11(23-9)16(20)21/h2-6H,7H2,1H3,(H,14,17,18). The number of ether oxygens (including phenoxy) is 1. The molecule has 2 aromatic heterocycles. The van der Waals surface area contributed by atoms with Gasteiger partial charge in [-0.2, -0.15) is 0 Å². The first-order valence-electron chi connectivity index (χ1n) is 6.25.